The molecule has 0 aromatic heterocycles. The Morgan fingerprint density at radius 1 is 1.11 bits per heavy atom. The molecule has 0 rings (SSSR count). The third-order valence-corrected chi connectivity index (χ3v) is 3.50. The lowest BCUT2D eigenvalue weighted by Crippen LogP contribution is -1.97. The average Bonchev–Trinajstić information content (AvgIpc) is 2.29. The van der Waals surface area contributed by atoms with Crippen LogP contribution in [0.4, 0.5) is 0 Å². The van der Waals surface area contributed by atoms with E-state index < -0.39 is 0 Å². The monoisotopic (exact) mass is 249 g/mol. The van der Waals surface area contributed by atoms with Crippen LogP contribution in [0.5, 0.6) is 0 Å². The standard InChI is InChI=1S/C17H31N/c1-15(2)9-7-11-17(4)13-8-12-16(3)10-5-6-14-18/h10,15,17H,5-9,11-13H2,1-4H3/b16-10+. The van der Waals surface area contributed by atoms with E-state index in [1.54, 1.807) is 0 Å². The summed E-state index contributed by atoms with van der Waals surface area (Å²) in [7, 11) is 0. The Labute approximate surface area is 114 Å². The fourth-order valence-electron chi connectivity index (χ4n) is 2.23. The molecule has 1 unspecified atom stereocenters. The lowest BCUT2D eigenvalue weighted by atomic mass is 9.94. The number of rotatable bonds is 10. The summed E-state index contributed by atoms with van der Waals surface area (Å²) in [5.74, 6) is 1.72. The van der Waals surface area contributed by atoms with Crippen LogP contribution in [0, 0.1) is 23.2 Å². The van der Waals surface area contributed by atoms with E-state index in [0.29, 0.717) is 6.42 Å². The van der Waals surface area contributed by atoms with Gasteiger partial charge in [-0.25, -0.2) is 0 Å². The molecule has 0 saturated carbocycles. The van der Waals surface area contributed by atoms with Crippen molar-refractivity contribution in [2.24, 2.45) is 11.8 Å². The van der Waals surface area contributed by atoms with Crippen molar-refractivity contribution in [3.63, 3.8) is 0 Å². The molecular weight excluding hydrogens is 218 g/mol. The van der Waals surface area contributed by atoms with Gasteiger partial charge in [-0.05, 0) is 38.0 Å². The summed E-state index contributed by atoms with van der Waals surface area (Å²) in [5, 5.41) is 8.47. The molecule has 1 heteroatoms. The second-order valence-electron chi connectivity index (χ2n) is 6.07. The van der Waals surface area contributed by atoms with Crippen molar-refractivity contribution < 1.29 is 0 Å². The van der Waals surface area contributed by atoms with Crippen molar-refractivity contribution >= 4 is 0 Å². The molecule has 0 fully saturated rings. The highest BCUT2D eigenvalue weighted by Gasteiger charge is 2.03. The van der Waals surface area contributed by atoms with Crippen LogP contribution in [0.15, 0.2) is 11.6 Å². The van der Waals surface area contributed by atoms with Gasteiger partial charge < -0.3 is 0 Å². The zero-order valence-corrected chi connectivity index (χ0v) is 12.8. The second kappa shape index (κ2) is 11.3. The fourth-order valence-corrected chi connectivity index (χ4v) is 2.23. The predicted molar refractivity (Wildman–Crippen MR) is 80.3 cm³/mol. The van der Waals surface area contributed by atoms with Crippen LogP contribution >= 0.6 is 0 Å². The van der Waals surface area contributed by atoms with Crippen molar-refractivity contribution in [3.05, 3.63) is 11.6 Å². The molecule has 18 heavy (non-hydrogen) atoms. The van der Waals surface area contributed by atoms with E-state index in [2.05, 4.69) is 39.8 Å². The number of hydrogen-bond acceptors (Lipinski definition) is 1. The van der Waals surface area contributed by atoms with Crippen molar-refractivity contribution in [2.75, 3.05) is 0 Å². The van der Waals surface area contributed by atoms with Crippen molar-refractivity contribution in [2.45, 2.75) is 79.1 Å². The van der Waals surface area contributed by atoms with Crippen LogP contribution in [-0.2, 0) is 0 Å². The maximum atomic E-state index is 8.47. The number of nitrogens with zero attached hydrogens (tertiary/aromatic N) is 1. The van der Waals surface area contributed by atoms with E-state index in [9.17, 15) is 0 Å². The molecule has 0 aliphatic heterocycles. The van der Waals surface area contributed by atoms with Gasteiger partial charge >= 0.3 is 0 Å². The Bertz CT molecular complexity index is 257. The topological polar surface area (TPSA) is 23.8 Å². The average molecular weight is 249 g/mol. The van der Waals surface area contributed by atoms with Gasteiger partial charge in [0, 0.05) is 6.42 Å². The maximum absolute atomic E-state index is 8.47. The van der Waals surface area contributed by atoms with Crippen molar-refractivity contribution in [3.8, 4) is 6.07 Å². The Balaban J connectivity index is 3.52. The van der Waals surface area contributed by atoms with Gasteiger partial charge in [-0.3, -0.25) is 0 Å². The zero-order chi connectivity index (χ0) is 13.8. The highest BCUT2D eigenvalue weighted by molar-refractivity contribution is 4.98. The van der Waals surface area contributed by atoms with Crippen LogP contribution in [0.2, 0.25) is 0 Å². The van der Waals surface area contributed by atoms with Gasteiger partial charge in [-0.2, -0.15) is 5.26 Å². The van der Waals surface area contributed by atoms with Gasteiger partial charge in [0.15, 0.2) is 0 Å². The molecule has 0 aromatic rings. The van der Waals surface area contributed by atoms with Crippen LogP contribution in [0.1, 0.15) is 79.1 Å². The number of allylic oxidation sites excluding steroid dienone is 2. The van der Waals surface area contributed by atoms with Crippen LogP contribution in [-0.4, -0.2) is 0 Å². The first kappa shape index (κ1) is 17.2. The lowest BCUT2D eigenvalue weighted by Gasteiger charge is -2.12. The van der Waals surface area contributed by atoms with Crippen LogP contribution < -0.4 is 0 Å². The molecule has 104 valence electrons. The third-order valence-electron chi connectivity index (χ3n) is 3.50. The largest absolute Gasteiger partial charge is 0.198 e. The van der Waals surface area contributed by atoms with E-state index in [0.717, 1.165) is 18.3 Å². The first-order valence-electron chi connectivity index (χ1n) is 7.58. The first-order valence-corrected chi connectivity index (χ1v) is 7.58. The number of hydrogen-bond donors (Lipinski definition) is 0. The molecule has 0 aromatic carbocycles. The molecule has 0 amide bonds. The molecule has 0 heterocycles. The SMILES string of the molecule is C/C(=C\CCC#N)CCCC(C)CCCC(C)C. The van der Waals surface area contributed by atoms with E-state index in [1.807, 2.05) is 0 Å². The van der Waals surface area contributed by atoms with Gasteiger partial charge in [0.05, 0.1) is 6.07 Å². The molecule has 0 spiro atoms. The molecule has 0 saturated heterocycles. The second-order valence-corrected chi connectivity index (χ2v) is 6.07. The number of nitriles is 1. The predicted octanol–water partition coefficient (Wildman–Crippen LogP) is 5.87. The molecule has 0 bridgehead atoms. The fraction of sp³-hybridized carbons (Fsp3) is 0.824. The first-order chi connectivity index (χ1) is 8.56. The molecule has 0 aliphatic carbocycles. The Hall–Kier alpha value is -0.770. The molecule has 0 radical (unpaired) electrons. The Morgan fingerprint density at radius 3 is 2.39 bits per heavy atom. The minimum atomic E-state index is 0.656. The summed E-state index contributed by atoms with van der Waals surface area (Å²) in [6.07, 6.45) is 11.8. The zero-order valence-electron chi connectivity index (χ0n) is 12.8. The summed E-state index contributed by atoms with van der Waals surface area (Å²) in [6, 6.07) is 2.19. The highest BCUT2D eigenvalue weighted by atomic mass is 14.2. The van der Waals surface area contributed by atoms with E-state index in [1.165, 1.54) is 44.1 Å². The van der Waals surface area contributed by atoms with Crippen LogP contribution in [0.25, 0.3) is 0 Å². The Morgan fingerprint density at radius 2 is 1.78 bits per heavy atom. The van der Waals surface area contributed by atoms with E-state index >= 15 is 0 Å². The maximum Gasteiger partial charge on any atom is 0.0625 e. The van der Waals surface area contributed by atoms with Crippen LogP contribution in [0.3, 0.4) is 0 Å². The van der Waals surface area contributed by atoms with Gasteiger partial charge in [-0.15, -0.1) is 0 Å². The Kier molecular flexibility index (Phi) is 10.8. The summed E-state index contributed by atoms with van der Waals surface area (Å²) < 4.78 is 0. The number of unbranched alkanes of at least 4 members (excludes halogenated alkanes) is 1. The van der Waals surface area contributed by atoms with Gasteiger partial charge in [0.2, 0.25) is 0 Å². The van der Waals surface area contributed by atoms with Crippen molar-refractivity contribution in [1.29, 1.82) is 5.26 Å². The van der Waals surface area contributed by atoms with Gasteiger partial charge in [-0.1, -0.05) is 58.1 Å². The lowest BCUT2D eigenvalue weighted by molar-refractivity contribution is 0.427. The normalized spacial score (nSPS) is 13.7. The summed E-state index contributed by atoms with van der Waals surface area (Å²) in [4.78, 5) is 0. The molecule has 1 atom stereocenters. The smallest absolute Gasteiger partial charge is 0.0625 e. The van der Waals surface area contributed by atoms with E-state index in [4.69, 9.17) is 5.26 Å². The minimum absolute atomic E-state index is 0.656. The minimum Gasteiger partial charge on any atom is -0.198 e. The third kappa shape index (κ3) is 11.7. The molecule has 1 nitrogen and oxygen atoms in total. The van der Waals surface area contributed by atoms with Crippen molar-refractivity contribution in [1.82, 2.24) is 0 Å². The molecular formula is C17H31N. The van der Waals surface area contributed by atoms with Gasteiger partial charge in [0.1, 0.15) is 0 Å². The highest BCUT2D eigenvalue weighted by Crippen LogP contribution is 2.19. The molecule has 0 N–H and O–H groups in total. The molecule has 0 aliphatic rings. The van der Waals surface area contributed by atoms with E-state index in [-0.39, 0.29) is 0 Å². The quantitative estimate of drug-likeness (QED) is 0.351. The van der Waals surface area contributed by atoms with Gasteiger partial charge in [0.25, 0.3) is 0 Å². The summed E-state index contributed by atoms with van der Waals surface area (Å²) >= 11 is 0. The summed E-state index contributed by atoms with van der Waals surface area (Å²) in [5.41, 5.74) is 1.46. The summed E-state index contributed by atoms with van der Waals surface area (Å²) in [6.45, 7) is 9.19.